The molecule has 2 aromatic carbocycles. The van der Waals surface area contributed by atoms with Crippen LogP contribution in [0.2, 0.25) is 5.02 Å². The van der Waals surface area contributed by atoms with E-state index in [1.807, 2.05) is 0 Å². The molecule has 0 aliphatic carbocycles. The molecule has 0 atom stereocenters. The summed E-state index contributed by atoms with van der Waals surface area (Å²) in [6.45, 7) is 2.50. The van der Waals surface area contributed by atoms with Gasteiger partial charge in [-0.25, -0.2) is 0 Å². The van der Waals surface area contributed by atoms with Crippen LogP contribution in [-0.4, -0.2) is 48.4 Å². The number of likely N-dealkylation sites (tertiary alicyclic amines) is 1. The number of carbonyl (C=O) groups is 3. The molecule has 8 heteroatoms. The van der Waals surface area contributed by atoms with Crippen molar-refractivity contribution in [1.29, 1.82) is 0 Å². The fraction of sp³-hybridized carbons (Fsp3) is 0.318. The van der Waals surface area contributed by atoms with Gasteiger partial charge < -0.3 is 20.3 Å². The van der Waals surface area contributed by atoms with Crippen LogP contribution in [0.3, 0.4) is 0 Å². The molecule has 2 aromatic rings. The number of nitrogens with zero attached hydrogens (tertiary/aromatic N) is 1. The van der Waals surface area contributed by atoms with E-state index in [1.54, 1.807) is 53.4 Å². The van der Waals surface area contributed by atoms with Gasteiger partial charge >= 0.3 is 0 Å². The Morgan fingerprint density at radius 1 is 1.10 bits per heavy atom. The third kappa shape index (κ3) is 6.22. The molecule has 0 aromatic heterocycles. The van der Waals surface area contributed by atoms with Crippen molar-refractivity contribution in [3.05, 3.63) is 59.1 Å². The van der Waals surface area contributed by atoms with Crippen molar-refractivity contribution in [2.75, 3.05) is 25.0 Å². The smallest absolute Gasteiger partial charge is 0.260 e. The maximum atomic E-state index is 12.5. The van der Waals surface area contributed by atoms with E-state index in [1.165, 1.54) is 6.92 Å². The number of hydrogen-bond donors (Lipinski definition) is 2. The molecule has 0 spiro atoms. The lowest BCUT2D eigenvalue weighted by Crippen LogP contribution is -2.47. The van der Waals surface area contributed by atoms with Gasteiger partial charge in [0.2, 0.25) is 5.91 Å². The van der Waals surface area contributed by atoms with Gasteiger partial charge in [0.25, 0.3) is 11.8 Å². The van der Waals surface area contributed by atoms with Crippen LogP contribution >= 0.6 is 11.6 Å². The first-order valence-corrected chi connectivity index (χ1v) is 10.1. The molecule has 2 N–H and O–H groups in total. The highest BCUT2D eigenvalue weighted by atomic mass is 35.5. The molecule has 1 fully saturated rings. The second-order valence-electron chi connectivity index (χ2n) is 7.13. The van der Waals surface area contributed by atoms with Crippen molar-refractivity contribution < 1.29 is 19.1 Å². The van der Waals surface area contributed by atoms with E-state index in [0.29, 0.717) is 48.0 Å². The molecule has 158 valence electrons. The zero-order chi connectivity index (χ0) is 21.5. The Labute approximate surface area is 180 Å². The fourth-order valence-electron chi connectivity index (χ4n) is 3.25. The summed E-state index contributed by atoms with van der Waals surface area (Å²) in [5.74, 6) is 0.122. The summed E-state index contributed by atoms with van der Waals surface area (Å²) in [6.07, 6.45) is 1.34. The van der Waals surface area contributed by atoms with Crippen molar-refractivity contribution in [2.24, 2.45) is 0 Å². The average molecular weight is 430 g/mol. The minimum atomic E-state index is -0.196. The van der Waals surface area contributed by atoms with Crippen LogP contribution in [0.5, 0.6) is 5.75 Å². The zero-order valence-electron chi connectivity index (χ0n) is 16.7. The van der Waals surface area contributed by atoms with Crippen molar-refractivity contribution in [3.63, 3.8) is 0 Å². The lowest BCUT2D eigenvalue weighted by atomic mass is 10.0. The molecule has 0 saturated carbocycles. The second-order valence-corrected chi connectivity index (χ2v) is 7.57. The molecule has 7 nitrogen and oxygen atoms in total. The number of carbonyl (C=O) groups excluding carboxylic acids is 3. The molecule has 0 radical (unpaired) electrons. The first-order valence-electron chi connectivity index (χ1n) is 9.75. The maximum absolute atomic E-state index is 12.5. The summed E-state index contributed by atoms with van der Waals surface area (Å²) in [4.78, 5) is 37.8. The van der Waals surface area contributed by atoms with Crippen LogP contribution in [-0.2, 0) is 9.59 Å². The number of rotatable bonds is 6. The SMILES string of the molecule is CC(=O)Nc1cccc(C(=O)NC2CCN(C(=O)COc3ccc(Cl)cc3)CC2)c1. The first-order chi connectivity index (χ1) is 14.4. The second kappa shape index (κ2) is 10.1. The summed E-state index contributed by atoms with van der Waals surface area (Å²) in [5.41, 5.74) is 1.06. The molecule has 1 aliphatic heterocycles. The largest absolute Gasteiger partial charge is 0.484 e. The monoisotopic (exact) mass is 429 g/mol. The molecule has 0 bridgehead atoms. The van der Waals surface area contributed by atoms with Crippen LogP contribution in [0, 0.1) is 0 Å². The Bertz CT molecular complexity index is 909. The van der Waals surface area contributed by atoms with Crippen LogP contribution in [0.25, 0.3) is 0 Å². The van der Waals surface area contributed by atoms with Gasteiger partial charge in [0, 0.05) is 42.3 Å². The zero-order valence-corrected chi connectivity index (χ0v) is 17.4. The number of benzene rings is 2. The molecule has 3 rings (SSSR count). The maximum Gasteiger partial charge on any atom is 0.260 e. The van der Waals surface area contributed by atoms with Gasteiger partial charge in [0.15, 0.2) is 6.61 Å². The van der Waals surface area contributed by atoms with Gasteiger partial charge in [0.05, 0.1) is 0 Å². The summed E-state index contributed by atoms with van der Waals surface area (Å²) >= 11 is 5.84. The number of piperidine rings is 1. The van der Waals surface area contributed by atoms with Crippen molar-refractivity contribution in [1.82, 2.24) is 10.2 Å². The lowest BCUT2D eigenvalue weighted by molar-refractivity contribution is -0.134. The predicted molar refractivity (Wildman–Crippen MR) is 115 cm³/mol. The Hall–Kier alpha value is -3.06. The number of halogens is 1. The van der Waals surface area contributed by atoms with Crippen LogP contribution in [0.15, 0.2) is 48.5 Å². The third-order valence-corrected chi connectivity index (χ3v) is 5.06. The van der Waals surface area contributed by atoms with E-state index >= 15 is 0 Å². The van der Waals surface area contributed by atoms with E-state index in [4.69, 9.17) is 16.3 Å². The van der Waals surface area contributed by atoms with E-state index in [9.17, 15) is 14.4 Å². The molecule has 1 saturated heterocycles. The average Bonchev–Trinajstić information content (AvgIpc) is 2.73. The van der Waals surface area contributed by atoms with Crippen LogP contribution in [0.4, 0.5) is 5.69 Å². The minimum Gasteiger partial charge on any atom is -0.484 e. The van der Waals surface area contributed by atoms with Gasteiger partial charge in [-0.3, -0.25) is 14.4 Å². The number of nitrogens with one attached hydrogen (secondary N) is 2. The summed E-state index contributed by atoms with van der Waals surface area (Å²) < 4.78 is 5.51. The number of anilines is 1. The molecule has 30 heavy (non-hydrogen) atoms. The van der Waals surface area contributed by atoms with Crippen molar-refractivity contribution in [3.8, 4) is 5.75 Å². The van der Waals surface area contributed by atoms with Gasteiger partial charge in [-0.05, 0) is 55.3 Å². The first kappa shape index (κ1) is 21.6. The molecule has 1 aliphatic rings. The highest BCUT2D eigenvalue weighted by Gasteiger charge is 2.24. The van der Waals surface area contributed by atoms with E-state index in [0.717, 1.165) is 0 Å². The molecule has 0 unspecified atom stereocenters. The van der Waals surface area contributed by atoms with Gasteiger partial charge in [-0.1, -0.05) is 17.7 Å². The fourth-order valence-corrected chi connectivity index (χ4v) is 3.38. The van der Waals surface area contributed by atoms with E-state index in [-0.39, 0.29) is 30.4 Å². The quantitative estimate of drug-likeness (QED) is 0.738. The number of hydrogen-bond acceptors (Lipinski definition) is 4. The summed E-state index contributed by atoms with van der Waals surface area (Å²) in [6, 6.07) is 13.6. The summed E-state index contributed by atoms with van der Waals surface area (Å²) in [5, 5.41) is 6.28. The van der Waals surface area contributed by atoms with Crippen molar-refractivity contribution >= 4 is 35.0 Å². The lowest BCUT2D eigenvalue weighted by Gasteiger charge is -2.32. The van der Waals surface area contributed by atoms with Crippen LogP contribution in [0.1, 0.15) is 30.1 Å². The normalized spacial score (nSPS) is 14.1. The van der Waals surface area contributed by atoms with Crippen LogP contribution < -0.4 is 15.4 Å². The Morgan fingerprint density at radius 2 is 1.80 bits per heavy atom. The van der Waals surface area contributed by atoms with Gasteiger partial charge in [-0.15, -0.1) is 0 Å². The molecule has 1 heterocycles. The highest BCUT2D eigenvalue weighted by molar-refractivity contribution is 6.30. The van der Waals surface area contributed by atoms with Crippen molar-refractivity contribution in [2.45, 2.75) is 25.8 Å². The van der Waals surface area contributed by atoms with Gasteiger partial charge in [0.1, 0.15) is 5.75 Å². The topological polar surface area (TPSA) is 87.7 Å². The predicted octanol–water partition coefficient (Wildman–Crippen LogP) is 3.10. The number of amides is 3. The Balaban J connectivity index is 1.44. The van der Waals surface area contributed by atoms with E-state index in [2.05, 4.69) is 10.6 Å². The summed E-state index contributed by atoms with van der Waals surface area (Å²) in [7, 11) is 0. The Morgan fingerprint density at radius 3 is 2.47 bits per heavy atom. The van der Waals surface area contributed by atoms with E-state index < -0.39 is 0 Å². The minimum absolute atomic E-state index is 0.0110. The molecular weight excluding hydrogens is 406 g/mol. The Kier molecular flexibility index (Phi) is 7.30. The standard InChI is InChI=1S/C22H24ClN3O4/c1-15(27)24-19-4-2-3-16(13-19)22(29)25-18-9-11-26(12-10-18)21(28)14-30-20-7-5-17(23)6-8-20/h2-8,13,18H,9-12,14H2,1H3,(H,24,27)(H,25,29). The van der Waals surface area contributed by atoms with Gasteiger partial charge in [-0.2, -0.15) is 0 Å². The molecule has 3 amide bonds. The third-order valence-electron chi connectivity index (χ3n) is 4.80. The molecular formula is C22H24ClN3O4. The highest BCUT2D eigenvalue weighted by Crippen LogP contribution is 2.17. The number of ether oxygens (including phenoxy) is 1.